The van der Waals surface area contributed by atoms with Gasteiger partial charge in [-0.2, -0.15) is 0 Å². The molecule has 108 valence electrons. The SMILES string of the molecule is CCC(N)CCCc1ccc(S(=O)(=O)C(C)C)cc1. The van der Waals surface area contributed by atoms with Crippen molar-refractivity contribution in [2.75, 3.05) is 0 Å². The molecular weight excluding hydrogens is 258 g/mol. The Morgan fingerprint density at radius 2 is 1.74 bits per heavy atom. The van der Waals surface area contributed by atoms with Gasteiger partial charge < -0.3 is 5.73 Å². The summed E-state index contributed by atoms with van der Waals surface area (Å²) in [6, 6.07) is 7.52. The number of rotatable bonds is 7. The van der Waals surface area contributed by atoms with Crippen molar-refractivity contribution in [1.29, 1.82) is 0 Å². The lowest BCUT2D eigenvalue weighted by Gasteiger charge is -2.10. The average molecular weight is 283 g/mol. The summed E-state index contributed by atoms with van der Waals surface area (Å²) in [7, 11) is -3.15. The lowest BCUT2D eigenvalue weighted by atomic mass is 10.0. The minimum atomic E-state index is -3.15. The van der Waals surface area contributed by atoms with Crippen molar-refractivity contribution in [2.24, 2.45) is 5.73 Å². The number of aryl methyl sites for hydroxylation is 1. The number of nitrogens with two attached hydrogens (primary N) is 1. The third-order valence-corrected chi connectivity index (χ3v) is 5.61. The Morgan fingerprint density at radius 3 is 2.21 bits per heavy atom. The molecular formula is C15H25NO2S. The number of benzene rings is 1. The molecule has 2 N–H and O–H groups in total. The highest BCUT2D eigenvalue weighted by molar-refractivity contribution is 7.92. The molecule has 4 heteroatoms. The summed E-state index contributed by atoms with van der Waals surface area (Å²) in [5.74, 6) is 0. The van der Waals surface area contributed by atoms with Crippen molar-refractivity contribution in [1.82, 2.24) is 0 Å². The molecule has 0 aliphatic rings. The minimum absolute atomic E-state index is 0.278. The Hall–Kier alpha value is -0.870. The molecule has 0 fully saturated rings. The van der Waals surface area contributed by atoms with E-state index in [0.717, 1.165) is 25.7 Å². The molecule has 19 heavy (non-hydrogen) atoms. The zero-order valence-electron chi connectivity index (χ0n) is 12.1. The summed E-state index contributed by atoms with van der Waals surface area (Å²) < 4.78 is 23.9. The Bertz CT molecular complexity index is 477. The van der Waals surface area contributed by atoms with Gasteiger partial charge in [-0.25, -0.2) is 8.42 Å². The van der Waals surface area contributed by atoms with Crippen molar-refractivity contribution >= 4 is 9.84 Å². The molecule has 0 aromatic heterocycles. The van der Waals surface area contributed by atoms with E-state index in [1.165, 1.54) is 5.56 Å². The van der Waals surface area contributed by atoms with Crippen molar-refractivity contribution < 1.29 is 8.42 Å². The zero-order chi connectivity index (χ0) is 14.5. The molecule has 1 atom stereocenters. The molecule has 0 aliphatic heterocycles. The molecule has 1 rings (SSSR count). The quantitative estimate of drug-likeness (QED) is 0.837. The summed E-state index contributed by atoms with van der Waals surface area (Å²) in [6.45, 7) is 5.50. The van der Waals surface area contributed by atoms with E-state index >= 15 is 0 Å². The van der Waals surface area contributed by atoms with Crippen molar-refractivity contribution in [3.05, 3.63) is 29.8 Å². The maximum Gasteiger partial charge on any atom is 0.180 e. The molecule has 0 heterocycles. The standard InChI is InChI=1S/C15H25NO2S/c1-4-14(16)7-5-6-13-8-10-15(11-9-13)19(17,18)12(2)3/h8-12,14H,4-7,16H2,1-3H3. The first-order valence-corrected chi connectivity index (χ1v) is 8.51. The third-order valence-electron chi connectivity index (χ3n) is 3.44. The number of hydrogen-bond donors (Lipinski definition) is 1. The molecule has 0 spiro atoms. The van der Waals surface area contributed by atoms with Gasteiger partial charge in [0.1, 0.15) is 0 Å². The maximum absolute atomic E-state index is 12.0. The molecule has 0 radical (unpaired) electrons. The van der Waals surface area contributed by atoms with Gasteiger partial charge in [0.15, 0.2) is 9.84 Å². The fourth-order valence-electron chi connectivity index (χ4n) is 1.89. The minimum Gasteiger partial charge on any atom is -0.328 e. The Labute approximate surface area is 117 Å². The van der Waals surface area contributed by atoms with Gasteiger partial charge in [-0.15, -0.1) is 0 Å². The fraction of sp³-hybridized carbons (Fsp3) is 0.600. The molecule has 3 nitrogen and oxygen atoms in total. The van der Waals surface area contributed by atoms with Crippen LogP contribution in [0.4, 0.5) is 0 Å². The highest BCUT2D eigenvalue weighted by Crippen LogP contribution is 2.17. The maximum atomic E-state index is 12.0. The van der Waals surface area contributed by atoms with Crippen LogP contribution in [0.15, 0.2) is 29.2 Å². The smallest absolute Gasteiger partial charge is 0.180 e. The predicted octanol–water partition coefficient (Wildman–Crippen LogP) is 2.93. The topological polar surface area (TPSA) is 60.2 Å². The highest BCUT2D eigenvalue weighted by atomic mass is 32.2. The lowest BCUT2D eigenvalue weighted by Crippen LogP contribution is -2.18. The second-order valence-corrected chi connectivity index (χ2v) is 7.80. The van der Waals surface area contributed by atoms with Crippen LogP contribution in [0, 0.1) is 0 Å². The predicted molar refractivity (Wildman–Crippen MR) is 80.0 cm³/mol. The van der Waals surface area contributed by atoms with E-state index in [2.05, 4.69) is 6.92 Å². The van der Waals surface area contributed by atoms with E-state index < -0.39 is 9.84 Å². The average Bonchev–Trinajstić information content (AvgIpc) is 2.39. The van der Waals surface area contributed by atoms with Crippen LogP contribution in [0.25, 0.3) is 0 Å². The molecule has 1 aromatic rings. The van der Waals surface area contributed by atoms with Crippen molar-refractivity contribution in [3.63, 3.8) is 0 Å². The molecule has 0 saturated heterocycles. The van der Waals surface area contributed by atoms with Gasteiger partial charge in [0.25, 0.3) is 0 Å². The van der Waals surface area contributed by atoms with Crippen molar-refractivity contribution in [2.45, 2.75) is 62.6 Å². The summed E-state index contributed by atoms with van der Waals surface area (Å²) in [5.41, 5.74) is 7.04. The van der Waals surface area contributed by atoms with Crippen LogP contribution < -0.4 is 5.73 Å². The number of sulfone groups is 1. The van der Waals surface area contributed by atoms with Gasteiger partial charge in [0, 0.05) is 6.04 Å². The Morgan fingerprint density at radius 1 is 1.16 bits per heavy atom. The lowest BCUT2D eigenvalue weighted by molar-refractivity contribution is 0.568. The number of hydrogen-bond acceptors (Lipinski definition) is 3. The molecule has 0 amide bonds. The molecule has 0 bridgehead atoms. The first kappa shape index (κ1) is 16.2. The zero-order valence-corrected chi connectivity index (χ0v) is 12.9. The van der Waals surface area contributed by atoms with Gasteiger partial charge in [-0.3, -0.25) is 0 Å². The van der Waals surface area contributed by atoms with E-state index in [9.17, 15) is 8.42 Å². The van der Waals surface area contributed by atoms with Crippen LogP contribution in [0.5, 0.6) is 0 Å². The monoisotopic (exact) mass is 283 g/mol. The summed E-state index contributed by atoms with van der Waals surface area (Å²) in [5, 5.41) is -0.374. The largest absolute Gasteiger partial charge is 0.328 e. The second-order valence-electron chi connectivity index (χ2n) is 5.30. The van der Waals surface area contributed by atoms with Gasteiger partial charge in [0.2, 0.25) is 0 Å². The molecule has 1 unspecified atom stereocenters. The highest BCUT2D eigenvalue weighted by Gasteiger charge is 2.18. The Kier molecular flexibility index (Phi) is 6.01. The van der Waals surface area contributed by atoms with E-state index in [0.29, 0.717) is 4.90 Å². The van der Waals surface area contributed by atoms with Gasteiger partial charge in [0.05, 0.1) is 10.1 Å². The van der Waals surface area contributed by atoms with E-state index in [1.54, 1.807) is 26.0 Å². The molecule has 0 saturated carbocycles. The van der Waals surface area contributed by atoms with Gasteiger partial charge in [-0.1, -0.05) is 19.1 Å². The summed E-state index contributed by atoms with van der Waals surface area (Å²) in [6.07, 6.45) is 4.02. The van der Waals surface area contributed by atoms with Crippen LogP contribution in [-0.2, 0) is 16.3 Å². The first-order chi connectivity index (χ1) is 8.87. The van der Waals surface area contributed by atoms with Crippen LogP contribution >= 0.6 is 0 Å². The first-order valence-electron chi connectivity index (χ1n) is 6.96. The van der Waals surface area contributed by atoms with E-state index in [-0.39, 0.29) is 11.3 Å². The second kappa shape index (κ2) is 7.06. The normalized spacial score (nSPS) is 13.7. The third kappa shape index (κ3) is 4.62. The van der Waals surface area contributed by atoms with E-state index in [4.69, 9.17) is 5.73 Å². The summed E-state index contributed by atoms with van der Waals surface area (Å²) >= 11 is 0. The van der Waals surface area contributed by atoms with Crippen LogP contribution in [-0.4, -0.2) is 19.7 Å². The van der Waals surface area contributed by atoms with Crippen LogP contribution in [0.3, 0.4) is 0 Å². The van der Waals surface area contributed by atoms with Gasteiger partial charge >= 0.3 is 0 Å². The molecule has 1 aromatic carbocycles. The van der Waals surface area contributed by atoms with Gasteiger partial charge in [-0.05, 0) is 57.2 Å². The van der Waals surface area contributed by atoms with E-state index in [1.807, 2.05) is 12.1 Å². The van der Waals surface area contributed by atoms with Crippen LogP contribution in [0.1, 0.15) is 45.6 Å². The fourth-order valence-corrected chi connectivity index (χ4v) is 2.95. The van der Waals surface area contributed by atoms with Crippen LogP contribution in [0.2, 0.25) is 0 Å². The van der Waals surface area contributed by atoms with Crippen molar-refractivity contribution in [3.8, 4) is 0 Å². The summed E-state index contributed by atoms with van der Waals surface area (Å²) in [4.78, 5) is 0.413. The Balaban J connectivity index is 2.62. The molecule has 0 aliphatic carbocycles.